The van der Waals surface area contributed by atoms with E-state index in [0.29, 0.717) is 16.8 Å². The molecule has 3 aromatic rings. The van der Waals surface area contributed by atoms with Gasteiger partial charge in [-0.1, -0.05) is 72.8 Å². The molecule has 0 spiro atoms. The number of fused-ring (bicyclic) bond motifs is 1. The molecule has 0 heterocycles. The van der Waals surface area contributed by atoms with E-state index in [1.807, 2.05) is 6.07 Å². The summed E-state index contributed by atoms with van der Waals surface area (Å²) in [6.07, 6.45) is 0. The fraction of sp³-hybridized carbons (Fsp3) is 0. The Morgan fingerprint density at radius 1 is 0.615 bits per heavy atom. The van der Waals surface area contributed by atoms with Crippen LogP contribution in [0.5, 0.6) is 0 Å². The largest absolute Gasteiger partial charge is 0.623 e. The maximum atomic E-state index is 13.1. The quantitative estimate of drug-likeness (QED) is 0.744. The average molecular weight is 341 g/mol. The Kier molecular flexibility index (Phi) is 4.05. The summed E-state index contributed by atoms with van der Waals surface area (Å²) in [5.74, 6) is -0.710. The van der Waals surface area contributed by atoms with Crippen LogP contribution < -0.4 is 5.06 Å². The van der Waals surface area contributed by atoms with Gasteiger partial charge < -0.3 is 10.3 Å². The molecule has 0 radical (unpaired) electrons. The Hall–Kier alpha value is -3.34. The number of nitrogens with one attached hydrogen (secondary N) is 1. The predicted molar refractivity (Wildman–Crippen MR) is 98.9 cm³/mol. The lowest BCUT2D eigenvalue weighted by Gasteiger charge is -2.28. The second-order valence-corrected chi connectivity index (χ2v) is 6.02. The molecule has 0 bridgehead atoms. The number of carbonyl (C=O) groups is 2. The summed E-state index contributed by atoms with van der Waals surface area (Å²) in [7, 11) is 0. The molecule has 0 amide bonds. The number of Topliss-reactive ketones (excluding diaryl/α,β-unsaturated/α-hetero) is 2. The Labute approximate surface area is 150 Å². The second-order valence-electron chi connectivity index (χ2n) is 6.02. The Bertz CT molecular complexity index is 1020. The molecule has 0 aliphatic heterocycles. The first-order valence-electron chi connectivity index (χ1n) is 8.26. The van der Waals surface area contributed by atoms with E-state index < -0.39 is 10.8 Å². The van der Waals surface area contributed by atoms with E-state index in [9.17, 15) is 14.8 Å². The molecule has 3 aromatic carbocycles. The van der Waals surface area contributed by atoms with Crippen molar-refractivity contribution in [1.29, 1.82) is 0 Å². The molecule has 1 aliphatic rings. The third kappa shape index (κ3) is 2.58. The first kappa shape index (κ1) is 16.1. The lowest BCUT2D eigenvalue weighted by molar-refractivity contribution is -0.724. The average Bonchev–Trinajstić information content (AvgIpc) is 2.71. The molecule has 1 atom stereocenters. The monoisotopic (exact) mass is 341 g/mol. The molecule has 4 rings (SSSR count). The zero-order chi connectivity index (χ0) is 18.1. The summed E-state index contributed by atoms with van der Waals surface area (Å²) < 4.78 is 0. The van der Waals surface area contributed by atoms with E-state index in [1.165, 1.54) is 0 Å². The first-order valence-corrected chi connectivity index (χ1v) is 8.26. The van der Waals surface area contributed by atoms with Crippen LogP contribution in [0.4, 0.5) is 5.69 Å². The molecule has 4 heteroatoms. The molecule has 0 saturated heterocycles. The van der Waals surface area contributed by atoms with E-state index in [2.05, 4.69) is 0 Å². The van der Waals surface area contributed by atoms with Gasteiger partial charge in [-0.2, -0.15) is 0 Å². The van der Waals surface area contributed by atoms with Crippen molar-refractivity contribution < 1.29 is 14.7 Å². The number of quaternary nitrogens is 1. The number of benzene rings is 3. The molecule has 4 nitrogen and oxygen atoms in total. The van der Waals surface area contributed by atoms with Crippen LogP contribution in [0, 0.1) is 5.21 Å². The first-order chi connectivity index (χ1) is 12.7. The highest BCUT2D eigenvalue weighted by molar-refractivity contribution is 6.39. The van der Waals surface area contributed by atoms with Gasteiger partial charge in [0.25, 0.3) is 0 Å². The minimum atomic E-state index is -0.433. The van der Waals surface area contributed by atoms with Crippen molar-refractivity contribution >= 4 is 22.8 Å². The highest BCUT2D eigenvalue weighted by atomic mass is 16.5. The van der Waals surface area contributed by atoms with E-state index in [4.69, 9.17) is 0 Å². The zero-order valence-corrected chi connectivity index (χ0v) is 13.8. The van der Waals surface area contributed by atoms with E-state index >= 15 is 0 Å². The van der Waals surface area contributed by atoms with Crippen LogP contribution in [0.2, 0.25) is 0 Å². The van der Waals surface area contributed by atoms with Gasteiger partial charge in [-0.05, 0) is 17.7 Å². The minimum Gasteiger partial charge on any atom is -0.623 e. The number of hydroxylamine groups is 1. The Morgan fingerprint density at radius 3 is 1.73 bits per heavy atom. The smallest absolute Gasteiger partial charge is 0.248 e. The zero-order valence-electron chi connectivity index (χ0n) is 13.8. The molecule has 126 valence electrons. The number of allylic oxidation sites excluding steroid dienone is 2. The second kappa shape index (κ2) is 6.52. The maximum absolute atomic E-state index is 13.1. The van der Waals surface area contributed by atoms with Gasteiger partial charge in [0.2, 0.25) is 11.6 Å². The van der Waals surface area contributed by atoms with Gasteiger partial charge in [0.1, 0.15) is 5.69 Å². The van der Waals surface area contributed by atoms with Crippen molar-refractivity contribution in [3.8, 4) is 0 Å². The molecule has 0 fully saturated rings. The number of carbonyl (C=O) groups excluding carboxylic acids is 2. The molecule has 0 aromatic heterocycles. The van der Waals surface area contributed by atoms with Crippen molar-refractivity contribution in [1.82, 2.24) is 0 Å². The van der Waals surface area contributed by atoms with Crippen LogP contribution in [0.15, 0.2) is 90.6 Å². The summed E-state index contributed by atoms with van der Waals surface area (Å²) in [6, 6.07) is 24.1. The lowest BCUT2D eigenvalue weighted by Crippen LogP contribution is -3.01. The highest BCUT2D eigenvalue weighted by Gasteiger charge is 2.37. The molecule has 1 aliphatic carbocycles. The summed E-state index contributed by atoms with van der Waals surface area (Å²) in [5.41, 5.74) is 1.67. The Morgan fingerprint density at radius 2 is 1.12 bits per heavy atom. The van der Waals surface area contributed by atoms with Crippen LogP contribution in [0.1, 0.15) is 26.3 Å². The molecule has 1 unspecified atom stereocenters. The van der Waals surface area contributed by atoms with Crippen LogP contribution >= 0.6 is 0 Å². The van der Waals surface area contributed by atoms with E-state index in [-0.39, 0.29) is 22.6 Å². The number of hydrogen-bond donors (Lipinski definition) is 1. The van der Waals surface area contributed by atoms with Crippen LogP contribution in [0.3, 0.4) is 0 Å². The summed E-state index contributed by atoms with van der Waals surface area (Å²) in [5, 5.41) is 12.7. The standard InChI is InChI=1S/C22H15NO3/c24-21-17-13-7-8-14-18(17)22(25)20(19(21)15-9-3-1-4-10-15)23(26)16-11-5-2-6-12-16/h1-14,23H. The Balaban J connectivity index is 1.98. The number of rotatable bonds is 3. The normalized spacial score (nSPS) is 15.0. The third-order valence-corrected chi connectivity index (χ3v) is 4.45. The lowest BCUT2D eigenvalue weighted by atomic mass is 9.84. The fourth-order valence-electron chi connectivity index (χ4n) is 3.21. The number of para-hydroxylation sites is 1. The van der Waals surface area contributed by atoms with Gasteiger partial charge >= 0.3 is 0 Å². The third-order valence-electron chi connectivity index (χ3n) is 4.45. The van der Waals surface area contributed by atoms with Crippen LogP contribution in [-0.4, -0.2) is 11.6 Å². The van der Waals surface area contributed by atoms with Gasteiger partial charge in [0.05, 0.1) is 5.57 Å². The predicted octanol–water partition coefficient (Wildman–Crippen LogP) is 3.19. The summed E-state index contributed by atoms with van der Waals surface area (Å²) >= 11 is 0. The topological polar surface area (TPSA) is 61.6 Å². The van der Waals surface area contributed by atoms with Gasteiger partial charge in [-0.15, -0.1) is 0 Å². The number of ketones is 2. The van der Waals surface area contributed by atoms with Crippen molar-refractivity contribution in [3.05, 3.63) is 113 Å². The SMILES string of the molecule is O=C1C(c2ccccc2)=C([NH+]([O-])c2ccccc2)C(=O)c2ccccc21. The van der Waals surface area contributed by atoms with Gasteiger partial charge in [0.15, 0.2) is 5.70 Å². The minimum absolute atomic E-state index is 0.0638. The molecule has 0 saturated carbocycles. The van der Waals surface area contributed by atoms with Gasteiger partial charge in [0, 0.05) is 11.1 Å². The number of hydrogen-bond acceptors (Lipinski definition) is 3. The van der Waals surface area contributed by atoms with Crippen molar-refractivity contribution in [2.75, 3.05) is 0 Å². The van der Waals surface area contributed by atoms with Crippen LogP contribution in [0.25, 0.3) is 5.57 Å². The fourth-order valence-corrected chi connectivity index (χ4v) is 3.21. The van der Waals surface area contributed by atoms with Gasteiger partial charge in [-0.25, -0.2) is 0 Å². The highest BCUT2D eigenvalue weighted by Crippen LogP contribution is 2.30. The van der Waals surface area contributed by atoms with E-state index in [1.54, 1.807) is 78.9 Å². The van der Waals surface area contributed by atoms with Crippen molar-refractivity contribution in [2.24, 2.45) is 0 Å². The van der Waals surface area contributed by atoms with Gasteiger partial charge in [-0.3, -0.25) is 9.59 Å². The maximum Gasteiger partial charge on any atom is 0.248 e. The summed E-state index contributed by atoms with van der Waals surface area (Å²) in [6.45, 7) is 0. The van der Waals surface area contributed by atoms with E-state index in [0.717, 1.165) is 0 Å². The molecule has 26 heavy (non-hydrogen) atoms. The van der Waals surface area contributed by atoms with Crippen LogP contribution in [-0.2, 0) is 0 Å². The van der Waals surface area contributed by atoms with Crippen molar-refractivity contribution in [3.63, 3.8) is 0 Å². The molecular formula is C22H15NO3. The summed E-state index contributed by atoms with van der Waals surface area (Å²) in [4.78, 5) is 26.3. The molecular weight excluding hydrogens is 326 g/mol. The molecule has 1 N–H and O–H groups in total. The van der Waals surface area contributed by atoms with Crippen molar-refractivity contribution in [2.45, 2.75) is 0 Å².